The smallest absolute Gasteiger partial charge is 0.0834 e. The van der Waals surface area contributed by atoms with E-state index in [4.69, 9.17) is 4.74 Å². The first-order valence-electron chi connectivity index (χ1n) is 9.66. The highest BCUT2D eigenvalue weighted by atomic mass is 16.5. The molecule has 0 aromatic heterocycles. The number of benzene rings is 1. The Morgan fingerprint density at radius 2 is 1.92 bits per heavy atom. The number of anilines is 1. The molecule has 2 heterocycles. The van der Waals surface area contributed by atoms with Gasteiger partial charge in [0.15, 0.2) is 0 Å². The quantitative estimate of drug-likeness (QED) is 0.854. The van der Waals surface area contributed by atoms with Crippen LogP contribution in [-0.2, 0) is 11.3 Å². The van der Waals surface area contributed by atoms with E-state index in [-0.39, 0.29) is 11.2 Å². The summed E-state index contributed by atoms with van der Waals surface area (Å²) < 4.78 is 6.20. The van der Waals surface area contributed by atoms with Crippen LogP contribution in [0.15, 0.2) is 24.3 Å². The maximum atomic E-state index is 9.28. The molecule has 0 saturated carbocycles. The maximum Gasteiger partial charge on any atom is 0.0834 e. The topological polar surface area (TPSA) is 44.7 Å². The van der Waals surface area contributed by atoms with Crippen LogP contribution in [-0.4, -0.2) is 46.9 Å². The summed E-state index contributed by atoms with van der Waals surface area (Å²) in [4.78, 5) is 2.50. The van der Waals surface area contributed by atoms with Crippen LogP contribution in [0.5, 0.6) is 0 Å². The molecule has 1 atom stereocenters. The maximum absolute atomic E-state index is 9.28. The zero-order chi connectivity index (χ0) is 18.1. The largest absolute Gasteiger partial charge is 0.396 e. The van der Waals surface area contributed by atoms with Crippen molar-refractivity contribution >= 4 is 5.69 Å². The van der Waals surface area contributed by atoms with Crippen LogP contribution >= 0.6 is 0 Å². The van der Waals surface area contributed by atoms with E-state index in [1.807, 2.05) is 0 Å². The third kappa shape index (κ3) is 4.75. The van der Waals surface area contributed by atoms with Crippen molar-refractivity contribution in [3.8, 4) is 0 Å². The standard InChI is InChI=1S/C21H34N2O2/c1-20(2)13-19(21(3,4)25-20)22-18-7-5-6-17(12-18)14-23-10-8-16(15-24)9-11-23/h5-7,12,16,19,22,24H,8-11,13-15H2,1-4H3. The Labute approximate surface area is 152 Å². The Morgan fingerprint density at radius 3 is 2.52 bits per heavy atom. The van der Waals surface area contributed by atoms with E-state index in [1.54, 1.807) is 0 Å². The van der Waals surface area contributed by atoms with E-state index in [1.165, 1.54) is 11.3 Å². The molecule has 140 valence electrons. The monoisotopic (exact) mass is 346 g/mol. The Kier molecular flexibility index (Phi) is 5.42. The Hall–Kier alpha value is -1.10. The third-order valence-corrected chi connectivity index (χ3v) is 5.71. The van der Waals surface area contributed by atoms with Crippen molar-refractivity contribution in [1.82, 2.24) is 4.90 Å². The molecular weight excluding hydrogens is 312 g/mol. The van der Waals surface area contributed by atoms with E-state index < -0.39 is 0 Å². The van der Waals surface area contributed by atoms with Gasteiger partial charge < -0.3 is 15.2 Å². The highest BCUT2D eigenvalue weighted by Crippen LogP contribution is 2.38. The molecule has 1 aromatic rings. The summed E-state index contributed by atoms with van der Waals surface area (Å²) in [6.45, 7) is 12.2. The van der Waals surface area contributed by atoms with Crippen molar-refractivity contribution in [3.63, 3.8) is 0 Å². The molecular formula is C21H34N2O2. The molecule has 3 rings (SSSR count). The Balaban J connectivity index is 1.60. The first-order chi connectivity index (χ1) is 11.8. The van der Waals surface area contributed by atoms with Gasteiger partial charge in [0.05, 0.1) is 17.2 Å². The fourth-order valence-electron chi connectivity index (χ4n) is 4.33. The molecule has 0 aliphatic carbocycles. The summed E-state index contributed by atoms with van der Waals surface area (Å²) >= 11 is 0. The molecule has 0 amide bonds. The molecule has 2 aliphatic heterocycles. The summed E-state index contributed by atoms with van der Waals surface area (Å²) in [5.41, 5.74) is 2.30. The number of piperidine rings is 1. The molecule has 1 aromatic carbocycles. The minimum atomic E-state index is -0.161. The molecule has 4 nitrogen and oxygen atoms in total. The minimum absolute atomic E-state index is 0.0736. The average Bonchev–Trinajstić information content (AvgIpc) is 2.75. The van der Waals surface area contributed by atoms with Crippen molar-refractivity contribution in [2.75, 3.05) is 25.0 Å². The van der Waals surface area contributed by atoms with Gasteiger partial charge in [-0.3, -0.25) is 4.90 Å². The van der Waals surface area contributed by atoms with Crippen molar-refractivity contribution in [2.45, 2.75) is 70.7 Å². The minimum Gasteiger partial charge on any atom is -0.396 e. The highest BCUT2D eigenvalue weighted by molar-refractivity contribution is 5.47. The first kappa shape index (κ1) is 18.7. The number of aliphatic hydroxyl groups is 1. The van der Waals surface area contributed by atoms with Crippen molar-refractivity contribution in [3.05, 3.63) is 29.8 Å². The lowest BCUT2D eigenvalue weighted by Gasteiger charge is -2.31. The molecule has 2 aliphatic rings. The van der Waals surface area contributed by atoms with Gasteiger partial charge in [-0.1, -0.05) is 12.1 Å². The molecule has 2 fully saturated rings. The molecule has 0 radical (unpaired) electrons. The van der Waals surface area contributed by atoms with E-state index in [2.05, 4.69) is 62.2 Å². The van der Waals surface area contributed by atoms with Crippen LogP contribution in [0.4, 0.5) is 5.69 Å². The molecule has 4 heteroatoms. The van der Waals surface area contributed by atoms with Crippen molar-refractivity contribution in [1.29, 1.82) is 0 Å². The second-order valence-electron chi connectivity index (χ2n) is 8.97. The molecule has 25 heavy (non-hydrogen) atoms. The summed E-state index contributed by atoms with van der Waals surface area (Å²) in [5, 5.41) is 13.0. The van der Waals surface area contributed by atoms with Gasteiger partial charge in [-0.15, -0.1) is 0 Å². The predicted molar refractivity (Wildman–Crippen MR) is 103 cm³/mol. The lowest BCUT2D eigenvalue weighted by atomic mass is 9.94. The zero-order valence-electron chi connectivity index (χ0n) is 16.2. The summed E-state index contributed by atoms with van der Waals surface area (Å²) in [6.07, 6.45) is 3.23. The number of rotatable bonds is 5. The van der Waals surface area contributed by atoms with Crippen LogP contribution in [0.3, 0.4) is 0 Å². The molecule has 0 spiro atoms. The number of hydrogen-bond donors (Lipinski definition) is 2. The van der Waals surface area contributed by atoms with Gasteiger partial charge in [0, 0.05) is 18.8 Å². The van der Waals surface area contributed by atoms with E-state index in [0.29, 0.717) is 18.6 Å². The second-order valence-corrected chi connectivity index (χ2v) is 8.97. The van der Waals surface area contributed by atoms with Crippen LogP contribution in [0, 0.1) is 5.92 Å². The molecule has 1 unspecified atom stereocenters. The Bertz CT molecular complexity index is 577. The SMILES string of the molecule is CC1(C)CC(Nc2cccc(CN3CCC(CO)CC3)c2)C(C)(C)O1. The van der Waals surface area contributed by atoms with Gasteiger partial charge in [0.2, 0.25) is 0 Å². The molecule has 2 saturated heterocycles. The van der Waals surface area contributed by atoms with E-state index >= 15 is 0 Å². The summed E-state index contributed by atoms with van der Waals surface area (Å²) in [6, 6.07) is 9.11. The van der Waals surface area contributed by atoms with Crippen LogP contribution in [0.1, 0.15) is 52.5 Å². The van der Waals surface area contributed by atoms with Crippen LogP contribution in [0.2, 0.25) is 0 Å². The van der Waals surface area contributed by atoms with Gasteiger partial charge in [0.1, 0.15) is 0 Å². The average molecular weight is 347 g/mol. The van der Waals surface area contributed by atoms with Gasteiger partial charge in [0.25, 0.3) is 0 Å². The van der Waals surface area contributed by atoms with E-state index in [9.17, 15) is 5.11 Å². The van der Waals surface area contributed by atoms with Crippen LogP contribution in [0.25, 0.3) is 0 Å². The second kappa shape index (κ2) is 7.26. The lowest BCUT2D eigenvalue weighted by molar-refractivity contribution is -0.0662. The summed E-state index contributed by atoms with van der Waals surface area (Å²) in [7, 11) is 0. The lowest BCUT2D eigenvalue weighted by Crippen LogP contribution is -2.38. The number of nitrogens with one attached hydrogen (secondary N) is 1. The predicted octanol–water partition coefficient (Wildman–Crippen LogP) is 3.65. The normalized spacial score (nSPS) is 26.7. The molecule has 0 bridgehead atoms. The van der Waals surface area contributed by atoms with Gasteiger partial charge in [-0.25, -0.2) is 0 Å². The first-order valence-corrected chi connectivity index (χ1v) is 9.66. The number of ether oxygens (including phenoxy) is 1. The number of aliphatic hydroxyl groups excluding tert-OH is 1. The van der Waals surface area contributed by atoms with Crippen molar-refractivity contribution in [2.24, 2.45) is 5.92 Å². The fraction of sp³-hybridized carbons (Fsp3) is 0.714. The summed E-state index contributed by atoms with van der Waals surface area (Å²) in [5.74, 6) is 0.497. The number of likely N-dealkylation sites (tertiary alicyclic amines) is 1. The van der Waals surface area contributed by atoms with Gasteiger partial charge in [-0.05, 0) is 83.7 Å². The molecule has 2 N–H and O–H groups in total. The third-order valence-electron chi connectivity index (χ3n) is 5.71. The number of hydrogen-bond acceptors (Lipinski definition) is 4. The van der Waals surface area contributed by atoms with Crippen LogP contribution < -0.4 is 5.32 Å². The highest BCUT2D eigenvalue weighted by Gasteiger charge is 2.45. The fourth-order valence-corrected chi connectivity index (χ4v) is 4.33. The zero-order valence-corrected chi connectivity index (χ0v) is 16.2. The number of nitrogens with zero attached hydrogens (tertiary/aromatic N) is 1. The van der Waals surface area contributed by atoms with Crippen molar-refractivity contribution < 1.29 is 9.84 Å². The van der Waals surface area contributed by atoms with E-state index in [0.717, 1.165) is 38.9 Å². The Morgan fingerprint density at radius 1 is 1.20 bits per heavy atom. The van der Waals surface area contributed by atoms with Gasteiger partial charge >= 0.3 is 0 Å². The van der Waals surface area contributed by atoms with Gasteiger partial charge in [-0.2, -0.15) is 0 Å².